The maximum absolute atomic E-state index is 12.0. The fourth-order valence-electron chi connectivity index (χ4n) is 2.08. The molecule has 0 saturated carbocycles. The lowest BCUT2D eigenvalue weighted by Crippen LogP contribution is -2.36. The van der Waals surface area contributed by atoms with Gasteiger partial charge in [0.25, 0.3) is 5.91 Å². The van der Waals surface area contributed by atoms with E-state index in [0.29, 0.717) is 16.6 Å². The first-order valence-electron chi connectivity index (χ1n) is 7.53. The van der Waals surface area contributed by atoms with Gasteiger partial charge in [0.05, 0.1) is 12.1 Å². The first-order chi connectivity index (χ1) is 11.5. The van der Waals surface area contributed by atoms with E-state index in [4.69, 9.17) is 0 Å². The van der Waals surface area contributed by atoms with Crippen molar-refractivity contribution in [1.29, 1.82) is 0 Å². The summed E-state index contributed by atoms with van der Waals surface area (Å²) in [5.74, 6) is -0.514. The van der Waals surface area contributed by atoms with Crippen LogP contribution < -0.4 is 15.5 Å². The monoisotopic (exact) mass is 389 g/mol. The molecule has 2 rings (SSSR count). The maximum Gasteiger partial charge on any atom is 0.252 e. The Kier molecular flexibility index (Phi) is 6.37. The summed E-state index contributed by atoms with van der Waals surface area (Å²) in [5, 5.41) is 5.40. The van der Waals surface area contributed by atoms with Crippen LogP contribution in [0.2, 0.25) is 0 Å². The number of benzene rings is 2. The molecule has 0 spiro atoms. The molecule has 0 saturated heterocycles. The standard InChI is InChI=1S/C18H20BrN3O2/c1-22(2)14-9-7-13(8-10-14)11-20-17(23)12-21-18(24)15-5-3-4-6-16(15)19/h3-10H,11-12H2,1-2H3,(H,20,23)(H,21,24). The Hall–Kier alpha value is -2.34. The molecular formula is C18H20BrN3O2. The highest BCUT2D eigenvalue weighted by Crippen LogP contribution is 2.15. The van der Waals surface area contributed by atoms with Crippen LogP contribution in [0.5, 0.6) is 0 Å². The first kappa shape index (κ1) is 18.0. The number of hydrogen-bond acceptors (Lipinski definition) is 3. The minimum absolute atomic E-state index is 0.0596. The van der Waals surface area contributed by atoms with E-state index >= 15 is 0 Å². The number of anilines is 1. The van der Waals surface area contributed by atoms with Gasteiger partial charge in [-0.15, -0.1) is 0 Å². The molecule has 0 radical (unpaired) electrons. The molecule has 2 amide bonds. The van der Waals surface area contributed by atoms with E-state index in [9.17, 15) is 9.59 Å². The molecule has 0 bridgehead atoms. The Bertz CT molecular complexity index is 714. The van der Waals surface area contributed by atoms with E-state index in [1.54, 1.807) is 18.2 Å². The minimum atomic E-state index is -0.284. The number of rotatable bonds is 6. The Labute approximate surface area is 150 Å². The predicted octanol–water partition coefficient (Wildman–Crippen LogP) is 2.56. The molecule has 6 heteroatoms. The van der Waals surface area contributed by atoms with Crippen molar-refractivity contribution < 1.29 is 9.59 Å². The van der Waals surface area contributed by atoms with Crippen LogP contribution in [0, 0.1) is 0 Å². The molecule has 5 nitrogen and oxygen atoms in total. The fourth-order valence-corrected chi connectivity index (χ4v) is 2.54. The number of hydrogen-bond donors (Lipinski definition) is 2. The Morgan fingerprint density at radius 2 is 1.67 bits per heavy atom. The van der Waals surface area contributed by atoms with Gasteiger partial charge in [0, 0.05) is 30.8 Å². The molecular weight excluding hydrogens is 370 g/mol. The molecule has 0 aliphatic heterocycles. The van der Waals surface area contributed by atoms with Gasteiger partial charge >= 0.3 is 0 Å². The zero-order valence-electron chi connectivity index (χ0n) is 13.7. The molecule has 0 unspecified atom stereocenters. The number of carbonyl (C=O) groups excluding carboxylic acids is 2. The summed E-state index contributed by atoms with van der Waals surface area (Å²) in [4.78, 5) is 25.9. The van der Waals surface area contributed by atoms with Crippen LogP contribution >= 0.6 is 15.9 Å². The molecule has 24 heavy (non-hydrogen) atoms. The number of halogens is 1. The van der Waals surface area contributed by atoms with E-state index in [1.807, 2.05) is 49.3 Å². The SMILES string of the molecule is CN(C)c1ccc(CNC(=O)CNC(=O)c2ccccc2Br)cc1. The van der Waals surface area contributed by atoms with Gasteiger partial charge in [-0.25, -0.2) is 0 Å². The lowest BCUT2D eigenvalue weighted by molar-refractivity contribution is -0.120. The second-order valence-electron chi connectivity index (χ2n) is 5.50. The quantitative estimate of drug-likeness (QED) is 0.797. The smallest absolute Gasteiger partial charge is 0.252 e. The molecule has 0 atom stereocenters. The highest BCUT2D eigenvalue weighted by Gasteiger charge is 2.10. The topological polar surface area (TPSA) is 61.4 Å². The van der Waals surface area contributed by atoms with Crippen molar-refractivity contribution in [1.82, 2.24) is 10.6 Å². The third-order valence-corrected chi connectivity index (χ3v) is 4.16. The predicted molar refractivity (Wildman–Crippen MR) is 99.1 cm³/mol. The minimum Gasteiger partial charge on any atom is -0.378 e. The Balaban J connectivity index is 1.79. The number of nitrogens with one attached hydrogen (secondary N) is 2. The van der Waals surface area contributed by atoms with Crippen molar-refractivity contribution >= 4 is 33.4 Å². The summed E-state index contributed by atoms with van der Waals surface area (Å²) < 4.78 is 0.698. The highest BCUT2D eigenvalue weighted by molar-refractivity contribution is 9.10. The first-order valence-corrected chi connectivity index (χ1v) is 8.32. The van der Waals surface area contributed by atoms with Gasteiger partial charge in [-0.05, 0) is 45.8 Å². The van der Waals surface area contributed by atoms with Crippen LogP contribution in [0.15, 0.2) is 53.0 Å². The van der Waals surface area contributed by atoms with E-state index in [0.717, 1.165) is 11.3 Å². The van der Waals surface area contributed by atoms with E-state index < -0.39 is 0 Å². The molecule has 2 aromatic rings. The van der Waals surface area contributed by atoms with E-state index in [-0.39, 0.29) is 18.4 Å². The average Bonchev–Trinajstić information content (AvgIpc) is 2.58. The van der Waals surface area contributed by atoms with Gasteiger partial charge in [-0.3, -0.25) is 9.59 Å². The normalized spacial score (nSPS) is 10.1. The number of amides is 2. The second-order valence-corrected chi connectivity index (χ2v) is 6.35. The van der Waals surface area contributed by atoms with Gasteiger partial charge in [0.1, 0.15) is 0 Å². The zero-order valence-corrected chi connectivity index (χ0v) is 15.3. The molecule has 0 aromatic heterocycles. The second kappa shape index (κ2) is 8.49. The number of nitrogens with zero attached hydrogens (tertiary/aromatic N) is 1. The summed E-state index contributed by atoms with van der Waals surface area (Å²) in [6.45, 7) is 0.368. The van der Waals surface area contributed by atoms with Crippen LogP contribution in [0.25, 0.3) is 0 Å². The van der Waals surface area contributed by atoms with Crippen molar-refractivity contribution in [3.63, 3.8) is 0 Å². The highest BCUT2D eigenvalue weighted by atomic mass is 79.9. The summed E-state index contributed by atoms with van der Waals surface area (Å²) in [6.07, 6.45) is 0. The third kappa shape index (κ3) is 5.09. The molecule has 2 aromatic carbocycles. The molecule has 0 aliphatic rings. The average molecular weight is 390 g/mol. The summed E-state index contributed by atoms with van der Waals surface area (Å²) in [5.41, 5.74) is 2.61. The van der Waals surface area contributed by atoms with Crippen LogP contribution in [-0.4, -0.2) is 32.5 Å². The third-order valence-electron chi connectivity index (χ3n) is 3.47. The zero-order chi connectivity index (χ0) is 17.5. The van der Waals surface area contributed by atoms with Gasteiger partial charge in [0.2, 0.25) is 5.91 Å². The molecule has 0 heterocycles. The van der Waals surface area contributed by atoms with E-state index in [2.05, 4.69) is 26.6 Å². The van der Waals surface area contributed by atoms with Crippen LogP contribution in [0.1, 0.15) is 15.9 Å². The van der Waals surface area contributed by atoms with Crippen LogP contribution in [0.3, 0.4) is 0 Å². The van der Waals surface area contributed by atoms with Crippen molar-refractivity contribution in [2.75, 3.05) is 25.5 Å². The Morgan fingerprint density at radius 1 is 1.00 bits per heavy atom. The number of carbonyl (C=O) groups is 2. The molecule has 0 aliphatic carbocycles. The van der Waals surface area contributed by atoms with Crippen molar-refractivity contribution in [2.24, 2.45) is 0 Å². The lowest BCUT2D eigenvalue weighted by atomic mass is 10.2. The van der Waals surface area contributed by atoms with Crippen molar-refractivity contribution in [2.45, 2.75) is 6.54 Å². The fraction of sp³-hybridized carbons (Fsp3) is 0.222. The van der Waals surface area contributed by atoms with Crippen molar-refractivity contribution in [3.05, 3.63) is 64.1 Å². The van der Waals surface area contributed by atoms with Gasteiger partial charge in [0.15, 0.2) is 0 Å². The summed E-state index contributed by atoms with van der Waals surface area (Å²) >= 11 is 3.32. The molecule has 126 valence electrons. The summed E-state index contributed by atoms with van der Waals surface area (Å²) in [6, 6.07) is 15.0. The van der Waals surface area contributed by atoms with Gasteiger partial charge < -0.3 is 15.5 Å². The summed E-state index contributed by atoms with van der Waals surface area (Å²) in [7, 11) is 3.95. The maximum atomic E-state index is 12.0. The largest absolute Gasteiger partial charge is 0.378 e. The molecule has 0 fully saturated rings. The van der Waals surface area contributed by atoms with Crippen LogP contribution in [0.4, 0.5) is 5.69 Å². The van der Waals surface area contributed by atoms with Crippen molar-refractivity contribution in [3.8, 4) is 0 Å². The Morgan fingerprint density at radius 3 is 2.29 bits per heavy atom. The van der Waals surface area contributed by atoms with Crippen LogP contribution in [-0.2, 0) is 11.3 Å². The molecule has 2 N–H and O–H groups in total. The van der Waals surface area contributed by atoms with Gasteiger partial charge in [-0.2, -0.15) is 0 Å². The van der Waals surface area contributed by atoms with E-state index in [1.165, 1.54) is 0 Å². The van der Waals surface area contributed by atoms with Gasteiger partial charge in [-0.1, -0.05) is 24.3 Å². The lowest BCUT2D eigenvalue weighted by Gasteiger charge is -2.13.